The van der Waals surface area contributed by atoms with E-state index in [1.807, 2.05) is 0 Å². The van der Waals surface area contributed by atoms with Crippen molar-refractivity contribution >= 4 is 11.9 Å². The summed E-state index contributed by atoms with van der Waals surface area (Å²) in [4.78, 5) is 25.6. The molecule has 1 heterocycles. The first kappa shape index (κ1) is 17.4. The summed E-state index contributed by atoms with van der Waals surface area (Å²) in [6, 6.07) is 5.86. The molecule has 1 atom stereocenters. The second-order valence-electron chi connectivity index (χ2n) is 5.42. The van der Waals surface area contributed by atoms with Crippen molar-refractivity contribution in [2.24, 2.45) is 0 Å². The van der Waals surface area contributed by atoms with Gasteiger partial charge in [-0.05, 0) is 31.9 Å². The molecule has 2 rings (SSSR count). The number of nitrogens with zero attached hydrogens (tertiary/aromatic N) is 1. The topological polar surface area (TPSA) is 55.8 Å². The number of amides is 1. The standard InChI is InChI=1S/C17H22FNO4/c1-2-22-16(20)9-10-19(12-13-6-5-11-23-13)17(21)14-7-3-4-8-15(14)18/h3-4,7-8,13H,2,5-6,9-12H2,1H3. The molecule has 1 unspecified atom stereocenters. The molecule has 126 valence electrons. The molecular weight excluding hydrogens is 301 g/mol. The molecule has 0 bridgehead atoms. The van der Waals surface area contributed by atoms with Crippen molar-refractivity contribution in [3.8, 4) is 0 Å². The second kappa shape index (κ2) is 8.62. The first-order chi connectivity index (χ1) is 11.1. The maximum absolute atomic E-state index is 13.9. The normalized spacial score (nSPS) is 17.0. The lowest BCUT2D eigenvalue weighted by Crippen LogP contribution is -2.39. The summed E-state index contributed by atoms with van der Waals surface area (Å²) in [6.07, 6.45) is 1.83. The molecule has 23 heavy (non-hydrogen) atoms. The van der Waals surface area contributed by atoms with Gasteiger partial charge in [0.25, 0.3) is 5.91 Å². The third kappa shape index (κ3) is 5.03. The Labute approximate surface area is 135 Å². The fourth-order valence-corrected chi connectivity index (χ4v) is 2.57. The minimum atomic E-state index is -0.564. The van der Waals surface area contributed by atoms with Crippen LogP contribution in [0.4, 0.5) is 4.39 Å². The molecule has 6 heteroatoms. The Bertz CT molecular complexity index is 543. The van der Waals surface area contributed by atoms with Gasteiger partial charge in [-0.1, -0.05) is 12.1 Å². The fraction of sp³-hybridized carbons (Fsp3) is 0.529. The first-order valence-electron chi connectivity index (χ1n) is 7.92. The molecule has 0 aliphatic carbocycles. The van der Waals surface area contributed by atoms with E-state index in [0.717, 1.165) is 12.8 Å². The molecule has 1 aromatic carbocycles. The van der Waals surface area contributed by atoms with E-state index in [-0.39, 0.29) is 30.6 Å². The molecule has 1 aliphatic heterocycles. The number of benzene rings is 1. The average Bonchev–Trinajstić information content (AvgIpc) is 3.04. The van der Waals surface area contributed by atoms with E-state index < -0.39 is 11.7 Å². The van der Waals surface area contributed by atoms with E-state index >= 15 is 0 Å². The second-order valence-corrected chi connectivity index (χ2v) is 5.42. The summed E-state index contributed by atoms with van der Waals surface area (Å²) in [6.45, 7) is 3.24. The smallest absolute Gasteiger partial charge is 0.307 e. The Kier molecular flexibility index (Phi) is 6.52. The maximum Gasteiger partial charge on any atom is 0.307 e. The zero-order chi connectivity index (χ0) is 16.7. The molecule has 0 N–H and O–H groups in total. The Morgan fingerprint density at radius 2 is 2.17 bits per heavy atom. The van der Waals surface area contributed by atoms with Crippen LogP contribution in [-0.2, 0) is 14.3 Å². The van der Waals surface area contributed by atoms with Crippen molar-refractivity contribution in [3.63, 3.8) is 0 Å². The van der Waals surface area contributed by atoms with Gasteiger partial charge in [0.05, 0.1) is 24.7 Å². The summed E-state index contributed by atoms with van der Waals surface area (Å²) in [5, 5.41) is 0. The number of halogens is 1. The average molecular weight is 323 g/mol. The maximum atomic E-state index is 13.9. The van der Waals surface area contributed by atoms with Gasteiger partial charge in [0, 0.05) is 19.7 Å². The molecule has 1 aromatic rings. The van der Waals surface area contributed by atoms with Gasteiger partial charge in [-0.3, -0.25) is 9.59 Å². The van der Waals surface area contributed by atoms with Crippen LogP contribution in [0.5, 0.6) is 0 Å². The summed E-state index contributed by atoms with van der Waals surface area (Å²) in [5.74, 6) is -1.36. The van der Waals surface area contributed by atoms with Crippen LogP contribution in [0.1, 0.15) is 36.5 Å². The number of esters is 1. The van der Waals surface area contributed by atoms with Gasteiger partial charge in [0.2, 0.25) is 0 Å². The van der Waals surface area contributed by atoms with E-state index in [0.29, 0.717) is 19.8 Å². The van der Waals surface area contributed by atoms with E-state index in [1.54, 1.807) is 13.0 Å². The highest BCUT2D eigenvalue weighted by molar-refractivity contribution is 5.94. The van der Waals surface area contributed by atoms with Gasteiger partial charge in [-0.2, -0.15) is 0 Å². The van der Waals surface area contributed by atoms with Gasteiger partial charge in [0.15, 0.2) is 0 Å². The minimum Gasteiger partial charge on any atom is -0.466 e. The molecule has 0 spiro atoms. The monoisotopic (exact) mass is 323 g/mol. The summed E-state index contributed by atoms with van der Waals surface area (Å²) in [5.41, 5.74) is 0.00866. The molecule has 1 aliphatic rings. The van der Waals surface area contributed by atoms with E-state index in [4.69, 9.17) is 9.47 Å². The zero-order valence-corrected chi connectivity index (χ0v) is 13.3. The fourth-order valence-electron chi connectivity index (χ4n) is 2.57. The Hall–Kier alpha value is -1.95. The minimum absolute atomic E-state index is 0.00866. The SMILES string of the molecule is CCOC(=O)CCN(CC1CCCO1)C(=O)c1ccccc1F. The van der Waals surface area contributed by atoms with Gasteiger partial charge in [0.1, 0.15) is 5.82 Å². The molecular formula is C17H22FNO4. The Morgan fingerprint density at radius 3 is 2.83 bits per heavy atom. The van der Waals surface area contributed by atoms with Gasteiger partial charge >= 0.3 is 5.97 Å². The van der Waals surface area contributed by atoms with E-state index in [9.17, 15) is 14.0 Å². The lowest BCUT2D eigenvalue weighted by atomic mass is 10.1. The molecule has 0 aromatic heterocycles. The number of carbonyl (C=O) groups excluding carboxylic acids is 2. The van der Waals surface area contributed by atoms with Crippen LogP contribution in [-0.4, -0.2) is 49.2 Å². The number of rotatable bonds is 7. The summed E-state index contributed by atoms with van der Waals surface area (Å²) >= 11 is 0. The van der Waals surface area contributed by atoms with Gasteiger partial charge in [-0.25, -0.2) is 4.39 Å². The third-order valence-corrected chi connectivity index (χ3v) is 3.73. The number of carbonyl (C=O) groups is 2. The first-order valence-corrected chi connectivity index (χ1v) is 7.92. The van der Waals surface area contributed by atoms with E-state index in [2.05, 4.69) is 0 Å². The molecule has 0 saturated carbocycles. The van der Waals surface area contributed by atoms with Crippen LogP contribution >= 0.6 is 0 Å². The predicted octanol–water partition coefficient (Wildman–Crippen LogP) is 2.40. The molecule has 1 amide bonds. The Morgan fingerprint density at radius 1 is 1.39 bits per heavy atom. The van der Waals surface area contributed by atoms with Crippen molar-refractivity contribution in [3.05, 3.63) is 35.6 Å². The van der Waals surface area contributed by atoms with Crippen molar-refractivity contribution in [2.75, 3.05) is 26.3 Å². The largest absolute Gasteiger partial charge is 0.466 e. The van der Waals surface area contributed by atoms with Gasteiger partial charge in [-0.15, -0.1) is 0 Å². The molecule has 5 nitrogen and oxygen atoms in total. The zero-order valence-electron chi connectivity index (χ0n) is 13.3. The lowest BCUT2D eigenvalue weighted by molar-refractivity contribution is -0.143. The van der Waals surface area contributed by atoms with Crippen LogP contribution in [0.25, 0.3) is 0 Å². The molecule has 1 fully saturated rings. The van der Waals surface area contributed by atoms with Crippen molar-refractivity contribution in [2.45, 2.75) is 32.3 Å². The Balaban J connectivity index is 2.06. The number of hydrogen-bond acceptors (Lipinski definition) is 4. The van der Waals surface area contributed by atoms with Crippen molar-refractivity contribution in [1.29, 1.82) is 0 Å². The van der Waals surface area contributed by atoms with E-state index in [1.165, 1.54) is 23.1 Å². The molecule has 1 saturated heterocycles. The van der Waals surface area contributed by atoms with Crippen LogP contribution in [0.15, 0.2) is 24.3 Å². The quantitative estimate of drug-likeness (QED) is 0.723. The van der Waals surface area contributed by atoms with Crippen LogP contribution in [0.3, 0.4) is 0 Å². The lowest BCUT2D eigenvalue weighted by Gasteiger charge is -2.25. The predicted molar refractivity (Wildman–Crippen MR) is 82.5 cm³/mol. The summed E-state index contributed by atoms with van der Waals surface area (Å²) < 4.78 is 24.3. The van der Waals surface area contributed by atoms with Gasteiger partial charge < -0.3 is 14.4 Å². The van der Waals surface area contributed by atoms with Crippen molar-refractivity contribution < 1.29 is 23.5 Å². The van der Waals surface area contributed by atoms with Crippen LogP contribution < -0.4 is 0 Å². The summed E-state index contributed by atoms with van der Waals surface area (Å²) in [7, 11) is 0. The third-order valence-electron chi connectivity index (χ3n) is 3.73. The highest BCUT2D eigenvalue weighted by Gasteiger charge is 2.25. The van der Waals surface area contributed by atoms with Crippen LogP contribution in [0.2, 0.25) is 0 Å². The van der Waals surface area contributed by atoms with Crippen LogP contribution in [0, 0.1) is 5.82 Å². The number of ether oxygens (including phenoxy) is 2. The highest BCUT2D eigenvalue weighted by atomic mass is 19.1. The van der Waals surface area contributed by atoms with Crippen molar-refractivity contribution in [1.82, 2.24) is 4.90 Å². The highest BCUT2D eigenvalue weighted by Crippen LogP contribution is 2.17. The number of hydrogen-bond donors (Lipinski definition) is 0. The molecule has 0 radical (unpaired) electrons.